The molecule has 6 heteroatoms. The number of unbranched alkanes of at least 4 members (excludes halogenated alkanes) is 2. The molecule has 1 aromatic rings. The van der Waals surface area contributed by atoms with Gasteiger partial charge in [0.15, 0.2) is 0 Å². The number of nitrogens with one attached hydrogen (secondary N) is 1. The van der Waals surface area contributed by atoms with Crippen molar-refractivity contribution in [1.82, 2.24) is 5.32 Å². The van der Waals surface area contributed by atoms with Crippen LogP contribution in [-0.2, 0) is 25.7 Å². The zero-order valence-electron chi connectivity index (χ0n) is 13.0. The quantitative estimate of drug-likeness (QED) is 0.475. The molecule has 1 N–H and O–H groups in total. The van der Waals surface area contributed by atoms with Crippen LogP contribution >= 0.6 is 0 Å². The second-order valence-corrected chi connectivity index (χ2v) is 5.17. The third-order valence-corrected chi connectivity index (χ3v) is 3.41. The van der Waals surface area contributed by atoms with Crippen molar-refractivity contribution in [2.45, 2.75) is 39.2 Å². The number of cyclic esters (lactones) is 2. The molecule has 0 radical (unpaired) electrons. The molecule has 0 atom stereocenters. The second-order valence-electron chi connectivity index (χ2n) is 5.17. The van der Waals surface area contributed by atoms with E-state index < -0.39 is 18.0 Å². The molecule has 23 heavy (non-hydrogen) atoms. The lowest BCUT2D eigenvalue weighted by Gasteiger charge is -2.07. The van der Waals surface area contributed by atoms with Gasteiger partial charge in [0.25, 0.3) is 0 Å². The number of rotatable bonds is 7. The van der Waals surface area contributed by atoms with Crippen LogP contribution < -0.4 is 5.32 Å². The molecule has 1 heterocycles. The SMILES string of the molecule is CCCCCC1=C(NC(=O)OCc2ccccc2)C(=O)OC1=O. The summed E-state index contributed by atoms with van der Waals surface area (Å²) in [5.41, 5.74) is 0.925. The lowest BCUT2D eigenvalue weighted by molar-refractivity contribution is -0.151. The van der Waals surface area contributed by atoms with Gasteiger partial charge in [0, 0.05) is 0 Å². The zero-order valence-corrected chi connectivity index (χ0v) is 13.0. The Labute approximate surface area is 134 Å². The van der Waals surface area contributed by atoms with Gasteiger partial charge in [-0.25, -0.2) is 14.4 Å². The summed E-state index contributed by atoms with van der Waals surface area (Å²) >= 11 is 0. The molecular formula is C17H19NO5. The van der Waals surface area contributed by atoms with Crippen molar-refractivity contribution in [1.29, 1.82) is 0 Å². The standard InChI is InChI=1S/C17H19NO5/c1-2-3-5-10-13-14(16(20)23-15(13)19)18-17(21)22-11-12-8-6-4-7-9-12/h4,6-9H,2-3,5,10-11H2,1H3,(H,18,21). The van der Waals surface area contributed by atoms with Crippen molar-refractivity contribution in [2.24, 2.45) is 0 Å². The predicted octanol–water partition coefficient (Wildman–Crippen LogP) is 2.83. The van der Waals surface area contributed by atoms with E-state index >= 15 is 0 Å². The van der Waals surface area contributed by atoms with Gasteiger partial charge in [0.05, 0.1) is 5.57 Å². The molecule has 0 aliphatic carbocycles. The summed E-state index contributed by atoms with van der Waals surface area (Å²) in [6, 6.07) is 9.15. The third kappa shape index (κ3) is 4.67. The highest BCUT2D eigenvalue weighted by Gasteiger charge is 2.33. The predicted molar refractivity (Wildman–Crippen MR) is 82.0 cm³/mol. The second kappa shape index (κ2) is 8.12. The van der Waals surface area contributed by atoms with Crippen LogP contribution in [0.3, 0.4) is 0 Å². The molecule has 1 aliphatic rings. The number of carbonyl (C=O) groups excluding carboxylic acids is 3. The van der Waals surface area contributed by atoms with Crippen LogP contribution in [0.1, 0.15) is 38.2 Å². The Balaban J connectivity index is 1.95. The van der Waals surface area contributed by atoms with Crippen molar-refractivity contribution < 1.29 is 23.9 Å². The maximum atomic E-state index is 11.8. The van der Waals surface area contributed by atoms with E-state index in [2.05, 4.69) is 10.1 Å². The molecule has 0 saturated carbocycles. The molecule has 1 amide bonds. The molecule has 0 spiro atoms. The van der Waals surface area contributed by atoms with Gasteiger partial charge in [-0.05, 0) is 18.4 Å². The minimum Gasteiger partial charge on any atom is -0.444 e. The number of hydrogen-bond acceptors (Lipinski definition) is 5. The first-order valence-corrected chi connectivity index (χ1v) is 7.59. The lowest BCUT2D eigenvalue weighted by Crippen LogP contribution is -2.27. The molecule has 0 fully saturated rings. The Morgan fingerprint density at radius 2 is 1.87 bits per heavy atom. The van der Waals surface area contributed by atoms with E-state index in [1.807, 2.05) is 37.3 Å². The minimum atomic E-state index is -0.835. The van der Waals surface area contributed by atoms with E-state index in [4.69, 9.17) is 4.74 Å². The summed E-state index contributed by atoms with van der Waals surface area (Å²) < 4.78 is 9.60. The van der Waals surface area contributed by atoms with Crippen molar-refractivity contribution in [2.75, 3.05) is 0 Å². The molecule has 2 rings (SSSR count). The molecule has 1 aliphatic heterocycles. The Morgan fingerprint density at radius 1 is 1.13 bits per heavy atom. The summed E-state index contributed by atoms with van der Waals surface area (Å²) in [7, 11) is 0. The fourth-order valence-electron chi connectivity index (χ4n) is 2.19. The molecule has 0 aromatic heterocycles. The van der Waals surface area contributed by atoms with Crippen LogP contribution in [0.2, 0.25) is 0 Å². The van der Waals surface area contributed by atoms with Crippen LogP contribution in [0.4, 0.5) is 4.79 Å². The van der Waals surface area contributed by atoms with Crippen LogP contribution in [-0.4, -0.2) is 18.0 Å². The first-order valence-electron chi connectivity index (χ1n) is 7.59. The van der Waals surface area contributed by atoms with Gasteiger partial charge in [-0.15, -0.1) is 0 Å². The van der Waals surface area contributed by atoms with Crippen molar-refractivity contribution in [3.05, 3.63) is 47.2 Å². The fraction of sp³-hybridized carbons (Fsp3) is 0.353. The maximum absolute atomic E-state index is 11.8. The van der Waals surface area contributed by atoms with Gasteiger partial charge in [-0.3, -0.25) is 5.32 Å². The van der Waals surface area contributed by atoms with Crippen LogP contribution in [0, 0.1) is 0 Å². The largest absolute Gasteiger partial charge is 0.444 e. The van der Waals surface area contributed by atoms with Gasteiger partial charge < -0.3 is 9.47 Å². The summed E-state index contributed by atoms with van der Waals surface area (Å²) in [5, 5.41) is 2.33. The number of amides is 1. The Morgan fingerprint density at radius 3 is 2.57 bits per heavy atom. The van der Waals surface area contributed by atoms with E-state index in [9.17, 15) is 14.4 Å². The van der Waals surface area contributed by atoms with Crippen molar-refractivity contribution >= 4 is 18.0 Å². The van der Waals surface area contributed by atoms with E-state index in [1.165, 1.54) is 0 Å². The van der Waals surface area contributed by atoms with Gasteiger partial charge in [0.1, 0.15) is 12.3 Å². The molecule has 122 valence electrons. The van der Waals surface area contributed by atoms with Gasteiger partial charge in [0.2, 0.25) is 0 Å². The topological polar surface area (TPSA) is 81.7 Å². The number of esters is 2. The van der Waals surface area contributed by atoms with E-state index in [1.54, 1.807) is 0 Å². The number of alkyl carbamates (subject to hydrolysis) is 1. The van der Waals surface area contributed by atoms with Gasteiger partial charge >= 0.3 is 18.0 Å². The monoisotopic (exact) mass is 317 g/mol. The smallest absolute Gasteiger partial charge is 0.412 e. The van der Waals surface area contributed by atoms with E-state index in [0.29, 0.717) is 6.42 Å². The fourth-order valence-corrected chi connectivity index (χ4v) is 2.19. The van der Waals surface area contributed by atoms with Crippen molar-refractivity contribution in [3.8, 4) is 0 Å². The minimum absolute atomic E-state index is 0.0775. The van der Waals surface area contributed by atoms with Gasteiger partial charge in [-0.1, -0.05) is 50.1 Å². The van der Waals surface area contributed by atoms with E-state index in [0.717, 1.165) is 24.8 Å². The van der Waals surface area contributed by atoms with Crippen LogP contribution in [0.5, 0.6) is 0 Å². The lowest BCUT2D eigenvalue weighted by atomic mass is 10.1. The Hall–Kier alpha value is -2.63. The molecule has 0 unspecified atom stereocenters. The highest BCUT2D eigenvalue weighted by molar-refractivity contribution is 6.13. The van der Waals surface area contributed by atoms with Crippen LogP contribution in [0.15, 0.2) is 41.6 Å². The highest BCUT2D eigenvalue weighted by Crippen LogP contribution is 2.21. The highest BCUT2D eigenvalue weighted by atomic mass is 16.6. The molecular weight excluding hydrogens is 298 g/mol. The summed E-state index contributed by atoms with van der Waals surface area (Å²) in [4.78, 5) is 35.1. The maximum Gasteiger partial charge on any atom is 0.412 e. The third-order valence-electron chi connectivity index (χ3n) is 3.41. The zero-order chi connectivity index (χ0) is 16.7. The molecule has 0 saturated heterocycles. The normalized spacial score (nSPS) is 14.0. The average Bonchev–Trinajstić information content (AvgIpc) is 2.81. The van der Waals surface area contributed by atoms with Gasteiger partial charge in [-0.2, -0.15) is 0 Å². The Bertz CT molecular complexity index is 621. The number of hydrogen-bond donors (Lipinski definition) is 1. The van der Waals surface area contributed by atoms with Crippen LogP contribution in [0.25, 0.3) is 0 Å². The molecule has 0 bridgehead atoms. The van der Waals surface area contributed by atoms with E-state index in [-0.39, 0.29) is 17.9 Å². The first kappa shape index (κ1) is 16.7. The number of benzene rings is 1. The van der Waals surface area contributed by atoms with Crippen molar-refractivity contribution in [3.63, 3.8) is 0 Å². The molecule has 1 aromatic carbocycles. The summed E-state index contributed by atoms with van der Waals surface area (Å²) in [6.07, 6.45) is 2.27. The Kier molecular flexibility index (Phi) is 5.91. The summed E-state index contributed by atoms with van der Waals surface area (Å²) in [5.74, 6) is -1.53. The summed E-state index contributed by atoms with van der Waals surface area (Å²) in [6.45, 7) is 2.11. The first-order chi connectivity index (χ1) is 11.1. The molecule has 6 nitrogen and oxygen atoms in total. The average molecular weight is 317 g/mol. The number of ether oxygens (including phenoxy) is 2. The number of carbonyl (C=O) groups is 3.